The Morgan fingerprint density at radius 3 is 2.74 bits per heavy atom. The van der Waals surface area contributed by atoms with Crippen molar-refractivity contribution in [1.29, 1.82) is 5.26 Å². The highest BCUT2D eigenvalue weighted by Gasteiger charge is 2.16. The van der Waals surface area contributed by atoms with Crippen LogP contribution in [0.5, 0.6) is 0 Å². The van der Waals surface area contributed by atoms with Crippen LogP contribution in [0.4, 0.5) is 5.82 Å². The average Bonchev–Trinajstić information content (AvgIpc) is 2.54. The molecule has 3 rings (SSSR count). The molecule has 0 aliphatic heterocycles. The van der Waals surface area contributed by atoms with Crippen molar-refractivity contribution in [2.24, 2.45) is 0 Å². The van der Waals surface area contributed by atoms with Gasteiger partial charge in [-0.3, -0.25) is 0 Å². The Morgan fingerprint density at radius 1 is 1.22 bits per heavy atom. The maximum Gasteiger partial charge on any atom is 0.142 e. The highest BCUT2D eigenvalue weighted by atomic mass is 79.9. The Morgan fingerprint density at radius 2 is 2.04 bits per heavy atom. The normalized spacial score (nSPS) is 10.3. The first-order valence-corrected chi connectivity index (χ1v) is 7.71. The van der Waals surface area contributed by atoms with Crippen LogP contribution in [0.25, 0.3) is 22.5 Å². The fraction of sp³-hybridized carbons (Fsp3) is 0. The molecule has 0 saturated carbocycles. The lowest BCUT2D eigenvalue weighted by molar-refractivity contribution is 1.03. The number of nitrogen functional groups attached to an aromatic ring is 1. The first-order chi connectivity index (χ1) is 11.1. The van der Waals surface area contributed by atoms with Crippen molar-refractivity contribution in [2.75, 3.05) is 5.73 Å². The molecule has 0 bridgehead atoms. The summed E-state index contributed by atoms with van der Waals surface area (Å²) in [5.41, 5.74) is 8.66. The lowest BCUT2D eigenvalue weighted by Crippen LogP contribution is -2.01. The fourth-order valence-corrected chi connectivity index (χ4v) is 2.77. The number of nitrogens with zero attached hydrogens (tertiary/aromatic N) is 4. The van der Waals surface area contributed by atoms with E-state index in [2.05, 4.69) is 37.2 Å². The predicted octanol–water partition coefficient (Wildman–Crippen LogP) is 4.08. The maximum atomic E-state index is 9.41. The minimum Gasteiger partial charge on any atom is -0.383 e. The van der Waals surface area contributed by atoms with Gasteiger partial charge in [0.25, 0.3) is 0 Å². The number of anilines is 1. The van der Waals surface area contributed by atoms with Crippen molar-refractivity contribution >= 4 is 33.3 Å². The van der Waals surface area contributed by atoms with Gasteiger partial charge in [-0.1, -0.05) is 39.7 Å². The molecule has 5 nitrogen and oxygen atoms in total. The van der Waals surface area contributed by atoms with Gasteiger partial charge in [0.2, 0.25) is 0 Å². The Bertz CT molecular complexity index is 936. The second kappa shape index (κ2) is 6.32. The number of nitrogens with two attached hydrogens (primary N) is 1. The molecule has 0 spiro atoms. The second-order valence-corrected chi connectivity index (χ2v) is 5.99. The third-order valence-electron chi connectivity index (χ3n) is 3.21. The van der Waals surface area contributed by atoms with E-state index in [1.807, 2.05) is 24.3 Å². The minimum absolute atomic E-state index is 0.127. The van der Waals surface area contributed by atoms with Gasteiger partial charge >= 0.3 is 0 Å². The largest absolute Gasteiger partial charge is 0.383 e. The Hall–Kier alpha value is -2.49. The molecule has 7 heteroatoms. The molecule has 0 amide bonds. The van der Waals surface area contributed by atoms with Gasteiger partial charge < -0.3 is 5.73 Å². The molecule has 1 aromatic carbocycles. The van der Waals surface area contributed by atoms with Crippen LogP contribution in [0, 0.1) is 11.3 Å². The molecule has 3 aromatic rings. The molecular weight excluding hydrogens is 378 g/mol. The molecule has 0 saturated heterocycles. The van der Waals surface area contributed by atoms with E-state index >= 15 is 0 Å². The Kier molecular flexibility index (Phi) is 4.24. The van der Waals surface area contributed by atoms with Crippen LogP contribution in [0.1, 0.15) is 5.56 Å². The highest BCUT2D eigenvalue weighted by Crippen LogP contribution is 2.33. The first-order valence-electron chi connectivity index (χ1n) is 6.54. The third-order valence-corrected chi connectivity index (χ3v) is 4.01. The summed E-state index contributed by atoms with van der Waals surface area (Å²) >= 11 is 9.58. The SMILES string of the molecule is N#Cc1c(-c2cccc(Br)c2)cc(-c2nnccc2Cl)nc1N. The van der Waals surface area contributed by atoms with Crippen molar-refractivity contribution in [2.45, 2.75) is 0 Å². The van der Waals surface area contributed by atoms with Crippen molar-refractivity contribution < 1.29 is 0 Å². The summed E-state index contributed by atoms with van der Waals surface area (Å²) in [5, 5.41) is 17.7. The Labute approximate surface area is 145 Å². The monoisotopic (exact) mass is 385 g/mol. The second-order valence-electron chi connectivity index (χ2n) is 4.67. The molecule has 2 heterocycles. The van der Waals surface area contributed by atoms with Crippen LogP contribution >= 0.6 is 27.5 Å². The van der Waals surface area contributed by atoms with Crippen LogP contribution in [-0.4, -0.2) is 15.2 Å². The number of benzene rings is 1. The summed E-state index contributed by atoms with van der Waals surface area (Å²) in [4.78, 5) is 4.24. The van der Waals surface area contributed by atoms with E-state index in [9.17, 15) is 5.26 Å². The molecule has 0 aliphatic carbocycles. The molecule has 0 radical (unpaired) electrons. The smallest absolute Gasteiger partial charge is 0.142 e. The number of hydrogen-bond donors (Lipinski definition) is 1. The standard InChI is InChI=1S/C16H9BrClN5/c17-10-3-1-2-9(6-10)11-7-14(22-16(20)12(11)8-19)15-13(18)4-5-21-23-15/h1-7H,(H2,20,22). The summed E-state index contributed by atoms with van der Waals surface area (Å²) < 4.78 is 0.897. The van der Waals surface area contributed by atoms with Crippen LogP contribution < -0.4 is 5.73 Å². The molecule has 0 fully saturated rings. The van der Waals surface area contributed by atoms with Crippen molar-refractivity contribution in [1.82, 2.24) is 15.2 Å². The van der Waals surface area contributed by atoms with Crippen LogP contribution in [-0.2, 0) is 0 Å². The average molecular weight is 387 g/mol. The van der Waals surface area contributed by atoms with E-state index in [1.165, 1.54) is 6.20 Å². The zero-order valence-electron chi connectivity index (χ0n) is 11.7. The summed E-state index contributed by atoms with van der Waals surface area (Å²) in [6.07, 6.45) is 1.49. The molecule has 0 aliphatic rings. The summed E-state index contributed by atoms with van der Waals surface area (Å²) in [7, 11) is 0. The van der Waals surface area contributed by atoms with Crippen LogP contribution in [0.2, 0.25) is 5.02 Å². The quantitative estimate of drug-likeness (QED) is 0.717. The lowest BCUT2D eigenvalue weighted by atomic mass is 9.99. The summed E-state index contributed by atoms with van der Waals surface area (Å²) in [6, 6.07) is 13.0. The minimum atomic E-state index is 0.127. The van der Waals surface area contributed by atoms with E-state index in [1.54, 1.807) is 12.1 Å². The fourth-order valence-electron chi connectivity index (χ4n) is 2.18. The zero-order valence-corrected chi connectivity index (χ0v) is 14.0. The summed E-state index contributed by atoms with van der Waals surface area (Å²) in [6.45, 7) is 0. The van der Waals surface area contributed by atoms with E-state index in [-0.39, 0.29) is 5.82 Å². The molecule has 0 unspecified atom stereocenters. The van der Waals surface area contributed by atoms with Gasteiger partial charge in [0.05, 0.1) is 16.9 Å². The number of hydrogen-bond acceptors (Lipinski definition) is 5. The number of nitriles is 1. The van der Waals surface area contributed by atoms with Crippen LogP contribution in [0.15, 0.2) is 47.1 Å². The first kappa shape index (κ1) is 15.4. The van der Waals surface area contributed by atoms with Gasteiger partial charge in [-0.25, -0.2) is 4.98 Å². The molecule has 2 aromatic heterocycles. The van der Waals surface area contributed by atoms with Crippen molar-refractivity contribution in [3.63, 3.8) is 0 Å². The van der Waals surface area contributed by atoms with E-state index in [4.69, 9.17) is 17.3 Å². The van der Waals surface area contributed by atoms with E-state index in [0.29, 0.717) is 27.5 Å². The van der Waals surface area contributed by atoms with Gasteiger partial charge in [0, 0.05) is 10.0 Å². The maximum absolute atomic E-state index is 9.41. The molecule has 2 N–H and O–H groups in total. The van der Waals surface area contributed by atoms with Gasteiger partial charge in [-0.05, 0) is 29.8 Å². The van der Waals surface area contributed by atoms with Gasteiger partial charge in [0.15, 0.2) is 0 Å². The zero-order chi connectivity index (χ0) is 16.4. The number of aromatic nitrogens is 3. The lowest BCUT2D eigenvalue weighted by Gasteiger charge is -2.10. The molecular formula is C16H9BrClN5. The van der Waals surface area contributed by atoms with Crippen molar-refractivity contribution in [3.05, 3.63) is 57.7 Å². The van der Waals surface area contributed by atoms with E-state index < -0.39 is 0 Å². The number of halogens is 2. The van der Waals surface area contributed by atoms with E-state index in [0.717, 1.165) is 10.0 Å². The van der Waals surface area contributed by atoms with Gasteiger partial charge in [-0.15, -0.1) is 5.10 Å². The van der Waals surface area contributed by atoms with Crippen LogP contribution in [0.3, 0.4) is 0 Å². The number of pyridine rings is 1. The van der Waals surface area contributed by atoms with Gasteiger partial charge in [0.1, 0.15) is 23.1 Å². The van der Waals surface area contributed by atoms with Crippen molar-refractivity contribution in [3.8, 4) is 28.6 Å². The molecule has 23 heavy (non-hydrogen) atoms. The molecule has 0 atom stereocenters. The third kappa shape index (κ3) is 3.02. The molecule has 112 valence electrons. The predicted molar refractivity (Wildman–Crippen MR) is 92.5 cm³/mol. The summed E-state index contributed by atoms with van der Waals surface area (Å²) in [5.74, 6) is 0.127. The highest BCUT2D eigenvalue weighted by molar-refractivity contribution is 9.10. The van der Waals surface area contributed by atoms with Gasteiger partial charge in [-0.2, -0.15) is 10.4 Å². The Balaban J connectivity index is 2.27. The number of rotatable bonds is 2. The topological polar surface area (TPSA) is 88.5 Å².